The van der Waals surface area contributed by atoms with Crippen molar-refractivity contribution in [3.05, 3.63) is 23.3 Å². The second-order valence-electron chi connectivity index (χ2n) is 9.30. The Bertz CT molecular complexity index is 677. The molecule has 2 aliphatic heterocycles. The Morgan fingerprint density at radius 3 is 2.83 bits per heavy atom. The van der Waals surface area contributed by atoms with Gasteiger partial charge in [-0.25, -0.2) is 0 Å². The molecule has 2 heterocycles. The van der Waals surface area contributed by atoms with Crippen molar-refractivity contribution < 1.29 is 9.53 Å². The maximum absolute atomic E-state index is 12.6. The van der Waals surface area contributed by atoms with Gasteiger partial charge in [-0.05, 0) is 70.2 Å². The predicted molar refractivity (Wildman–Crippen MR) is 93.7 cm³/mol. The number of ketones is 1. The van der Waals surface area contributed by atoms with Crippen LogP contribution in [0.5, 0.6) is 0 Å². The lowest BCUT2D eigenvalue weighted by Gasteiger charge is -2.54. The topological polar surface area (TPSA) is 29.5 Å². The van der Waals surface area contributed by atoms with Gasteiger partial charge in [0, 0.05) is 23.8 Å². The van der Waals surface area contributed by atoms with E-state index in [-0.39, 0.29) is 16.6 Å². The summed E-state index contributed by atoms with van der Waals surface area (Å²) in [5.74, 6) is 0.889. The molecule has 0 N–H and O–H groups in total. The van der Waals surface area contributed by atoms with Crippen molar-refractivity contribution in [3.8, 4) is 0 Å². The Kier molecular flexibility index (Phi) is 2.95. The van der Waals surface area contributed by atoms with Crippen LogP contribution in [0.15, 0.2) is 23.3 Å². The van der Waals surface area contributed by atoms with E-state index in [1.165, 1.54) is 11.1 Å². The van der Waals surface area contributed by atoms with Gasteiger partial charge in [-0.15, -0.1) is 0 Å². The summed E-state index contributed by atoms with van der Waals surface area (Å²) in [6.07, 6.45) is 13.3. The SMILES string of the molecule is CN(C)[C@@H]1CC=C2C=C3CC[C@]4(C)C(=O)CC[C@H]4[C@@]34CC[C@]2(C1)O4. The van der Waals surface area contributed by atoms with Gasteiger partial charge in [-0.1, -0.05) is 19.1 Å². The number of carbonyl (C=O) groups is 1. The van der Waals surface area contributed by atoms with Crippen LogP contribution in [0.4, 0.5) is 0 Å². The molecular weight excluding hydrogens is 298 g/mol. The normalized spacial score (nSPS) is 49.4. The zero-order valence-corrected chi connectivity index (χ0v) is 15.2. The van der Waals surface area contributed by atoms with E-state index < -0.39 is 0 Å². The van der Waals surface area contributed by atoms with Crippen LogP contribution in [0.2, 0.25) is 0 Å². The molecule has 0 aromatic rings. The van der Waals surface area contributed by atoms with Crippen LogP contribution in [0.25, 0.3) is 0 Å². The number of rotatable bonds is 1. The standard InChI is InChI=1S/C21H29NO2/c1-19-9-8-15-12-14-4-5-16(22(2)3)13-20(14)10-11-21(15,24-20)17(19)6-7-18(19)23/h4,12,16-17H,5-11,13H2,1-3H3/t16-,17-,19+,20-,21-/m1/s1. The third kappa shape index (κ3) is 1.68. The fraction of sp³-hybridized carbons (Fsp3) is 0.762. The Morgan fingerprint density at radius 2 is 2.04 bits per heavy atom. The molecule has 3 nitrogen and oxygen atoms in total. The van der Waals surface area contributed by atoms with Crippen LogP contribution in [0.1, 0.15) is 58.3 Å². The summed E-state index contributed by atoms with van der Waals surface area (Å²) in [4.78, 5) is 15.0. The van der Waals surface area contributed by atoms with Gasteiger partial charge < -0.3 is 9.64 Å². The Balaban J connectivity index is 1.60. The first-order valence-corrected chi connectivity index (χ1v) is 9.71. The maximum atomic E-state index is 12.6. The lowest BCUT2D eigenvalue weighted by molar-refractivity contribution is -0.153. The van der Waals surface area contributed by atoms with Crippen molar-refractivity contribution in [1.29, 1.82) is 0 Å². The first-order valence-electron chi connectivity index (χ1n) is 9.71. The summed E-state index contributed by atoms with van der Waals surface area (Å²) in [5.41, 5.74) is 2.59. The van der Waals surface area contributed by atoms with Crippen molar-refractivity contribution in [2.75, 3.05) is 14.1 Å². The molecule has 5 aliphatic rings. The summed E-state index contributed by atoms with van der Waals surface area (Å²) >= 11 is 0. The minimum atomic E-state index is -0.139. The van der Waals surface area contributed by atoms with Gasteiger partial charge in [0.05, 0.1) is 11.2 Å². The van der Waals surface area contributed by atoms with Crippen molar-refractivity contribution >= 4 is 5.78 Å². The van der Waals surface area contributed by atoms with Crippen molar-refractivity contribution in [3.63, 3.8) is 0 Å². The van der Waals surface area contributed by atoms with Crippen LogP contribution >= 0.6 is 0 Å². The Hall–Kier alpha value is -0.930. The Morgan fingerprint density at radius 1 is 1.21 bits per heavy atom. The van der Waals surface area contributed by atoms with Crippen LogP contribution in [-0.4, -0.2) is 42.0 Å². The van der Waals surface area contributed by atoms with Gasteiger partial charge in [0.25, 0.3) is 0 Å². The zero-order valence-electron chi connectivity index (χ0n) is 15.2. The molecule has 0 aromatic heterocycles. The van der Waals surface area contributed by atoms with Crippen molar-refractivity contribution in [2.45, 2.75) is 75.5 Å². The molecule has 24 heavy (non-hydrogen) atoms. The highest BCUT2D eigenvalue weighted by molar-refractivity contribution is 5.87. The summed E-state index contributed by atoms with van der Waals surface area (Å²) < 4.78 is 7.07. The Labute approximate surface area is 145 Å². The van der Waals surface area contributed by atoms with Crippen molar-refractivity contribution in [1.82, 2.24) is 4.90 Å². The first kappa shape index (κ1) is 15.3. The highest BCUT2D eigenvalue weighted by Crippen LogP contribution is 2.66. The summed E-state index contributed by atoms with van der Waals surface area (Å²) in [5, 5.41) is 0. The third-order valence-corrected chi connectivity index (χ3v) is 8.13. The summed E-state index contributed by atoms with van der Waals surface area (Å²) in [6.45, 7) is 2.22. The number of hydrogen-bond donors (Lipinski definition) is 0. The first-order chi connectivity index (χ1) is 11.4. The fourth-order valence-electron chi connectivity index (χ4n) is 6.62. The minimum Gasteiger partial charge on any atom is -0.359 e. The monoisotopic (exact) mass is 327 g/mol. The van der Waals surface area contributed by atoms with Gasteiger partial charge in [-0.3, -0.25) is 4.79 Å². The van der Waals surface area contributed by atoms with E-state index in [1.807, 2.05) is 0 Å². The molecule has 2 saturated carbocycles. The molecule has 5 atom stereocenters. The zero-order chi connectivity index (χ0) is 16.7. The second kappa shape index (κ2) is 4.62. The molecule has 3 aliphatic carbocycles. The average molecular weight is 327 g/mol. The highest BCUT2D eigenvalue weighted by atomic mass is 16.5. The molecular formula is C21H29NO2. The van der Waals surface area contributed by atoms with Crippen LogP contribution in [0.3, 0.4) is 0 Å². The van der Waals surface area contributed by atoms with Crippen LogP contribution < -0.4 is 0 Å². The van der Waals surface area contributed by atoms with E-state index in [2.05, 4.69) is 38.1 Å². The van der Waals surface area contributed by atoms with E-state index in [4.69, 9.17) is 4.74 Å². The minimum absolute atomic E-state index is 0.0828. The molecule has 5 rings (SSSR count). The van der Waals surface area contributed by atoms with E-state index in [9.17, 15) is 4.79 Å². The van der Waals surface area contributed by atoms with E-state index >= 15 is 0 Å². The number of hydrogen-bond acceptors (Lipinski definition) is 3. The molecule has 3 heteroatoms. The molecule has 0 aromatic carbocycles. The van der Waals surface area contributed by atoms with E-state index in [0.29, 0.717) is 17.7 Å². The summed E-state index contributed by atoms with van der Waals surface area (Å²) in [6, 6.07) is 0.569. The fourth-order valence-corrected chi connectivity index (χ4v) is 6.62. The number of fused-ring (bicyclic) bond motifs is 1. The molecule has 0 radical (unpaired) electrons. The molecule has 130 valence electrons. The average Bonchev–Trinajstić information content (AvgIpc) is 3.02. The lowest BCUT2D eigenvalue weighted by atomic mass is 9.59. The van der Waals surface area contributed by atoms with Gasteiger partial charge in [0.1, 0.15) is 5.78 Å². The summed E-state index contributed by atoms with van der Waals surface area (Å²) in [7, 11) is 4.37. The third-order valence-electron chi connectivity index (χ3n) is 8.13. The van der Waals surface area contributed by atoms with Crippen LogP contribution in [0, 0.1) is 11.3 Å². The predicted octanol–water partition coefficient (Wildman–Crippen LogP) is 3.64. The van der Waals surface area contributed by atoms with Gasteiger partial charge >= 0.3 is 0 Å². The molecule has 2 spiro atoms. The number of nitrogens with zero attached hydrogens (tertiary/aromatic N) is 1. The number of Topliss-reactive ketones (excluding diaryl/α,β-unsaturated/α-hetero) is 1. The van der Waals surface area contributed by atoms with E-state index in [0.717, 1.165) is 51.4 Å². The van der Waals surface area contributed by atoms with Gasteiger partial charge in [0.2, 0.25) is 0 Å². The quantitative estimate of drug-likeness (QED) is 0.736. The largest absolute Gasteiger partial charge is 0.359 e. The molecule has 0 amide bonds. The number of ether oxygens (including phenoxy) is 1. The van der Waals surface area contributed by atoms with E-state index in [1.54, 1.807) is 0 Å². The van der Waals surface area contributed by atoms with Gasteiger partial charge in [0.15, 0.2) is 0 Å². The van der Waals surface area contributed by atoms with Gasteiger partial charge in [-0.2, -0.15) is 0 Å². The molecule has 0 unspecified atom stereocenters. The number of carbonyl (C=O) groups excluding carboxylic acids is 1. The van der Waals surface area contributed by atoms with Crippen molar-refractivity contribution in [2.24, 2.45) is 11.3 Å². The van der Waals surface area contributed by atoms with Crippen LogP contribution in [-0.2, 0) is 9.53 Å². The molecule has 1 saturated heterocycles. The molecule has 2 bridgehead atoms. The second-order valence-corrected chi connectivity index (χ2v) is 9.30. The smallest absolute Gasteiger partial charge is 0.139 e. The highest BCUT2D eigenvalue weighted by Gasteiger charge is 2.67. The maximum Gasteiger partial charge on any atom is 0.139 e. The lowest BCUT2D eigenvalue weighted by Crippen LogP contribution is -2.55. The molecule has 3 fully saturated rings.